The molecule has 0 bridgehead atoms. The first kappa shape index (κ1) is 27.2. The number of alkyl halides is 2. The van der Waals surface area contributed by atoms with Crippen molar-refractivity contribution in [2.75, 3.05) is 30.3 Å². The van der Waals surface area contributed by atoms with Gasteiger partial charge in [0.05, 0.1) is 16.7 Å². The van der Waals surface area contributed by atoms with Crippen molar-refractivity contribution in [3.05, 3.63) is 70.5 Å². The molecule has 2 aliphatic rings. The van der Waals surface area contributed by atoms with Crippen LogP contribution in [0.5, 0.6) is 11.5 Å². The van der Waals surface area contributed by atoms with Gasteiger partial charge in [-0.3, -0.25) is 4.79 Å². The van der Waals surface area contributed by atoms with E-state index in [9.17, 15) is 13.6 Å². The summed E-state index contributed by atoms with van der Waals surface area (Å²) in [6, 6.07) is 10.7. The molecule has 0 radical (unpaired) electrons. The van der Waals surface area contributed by atoms with Crippen LogP contribution in [0.2, 0.25) is 5.02 Å². The van der Waals surface area contributed by atoms with Gasteiger partial charge in [-0.2, -0.15) is 8.78 Å². The molecule has 1 aromatic heterocycles. The van der Waals surface area contributed by atoms with Crippen molar-refractivity contribution >= 4 is 50.1 Å². The van der Waals surface area contributed by atoms with E-state index in [1.807, 2.05) is 0 Å². The number of ether oxygens (including phenoxy) is 2. The smallest absolute Gasteiger partial charge is 0.284 e. The topological polar surface area (TPSA) is 97.4 Å². The highest BCUT2D eigenvalue weighted by molar-refractivity contribution is 7.17. The Balaban J connectivity index is 1.32. The summed E-state index contributed by atoms with van der Waals surface area (Å²) in [6.07, 6.45) is 5.74. The van der Waals surface area contributed by atoms with Crippen LogP contribution in [0, 0.1) is 0 Å². The first-order valence-corrected chi connectivity index (χ1v) is 13.4. The molecule has 1 amide bonds. The molecule has 0 aliphatic carbocycles. The zero-order valence-corrected chi connectivity index (χ0v) is 22.8. The number of anilines is 3. The molecule has 2 aliphatic heterocycles. The third-order valence-electron chi connectivity index (χ3n) is 6.34. The number of benzene rings is 2. The van der Waals surface area contributed by atoms with E-state index in [0.717, 1.165) is 19.4 Å². The number of amides is 1. The Morgan fingerprint density at radius 2 is 2.13 bits per heavy atom. The Hall–Kier alpha value is -3.33. The second-order valence-electron chi connectivity index (χ2n) is 9.20. The van der Waals surface area contributed by atoms with Crippen molar-refractivity contribution in [3.63, 3.8) is 0 Å². The summed E-state index contributed by atoms with van der Waals surface area (Å²) in [7, 11) is 1.51. The summed E-state index contributed by atoms with van der Waals surface area (Å²) in [6.45, 7) is 1.75. The number of rotatable bonds is 8. The third kappa shape index (κ3) is 6.82. The van der Waals surface area contributed by atoms with E-state index in [0.29, 0.717) is 53.7 Å². The zero-order chi connectivity index (χ0) is 27.4. The fourth-order valence-electron chi connectivity index (χ4n) is 4.33. The number of fused-ring (bicyclic) bond motifs is 1. The van der Waals surface area contributed by atoms with E-state index in [-0.39, 0.29) is 28.3 Å². The summed E-state index contributed by atoms with van der Waals surface area (Å²) in [5.41, 5.74) is -1.40. The molecule has 39 heavy (non-hydrogen) atoms. The number of hydrogen-bond donors (Lipinski definition) is 3. The Bertz CT molecular complexity index is 1400. The summed E-state index contributed by atoms with van der Waals surface area (Å²) in [5.74, 6) is 1.48. The normalized spacial score (nSPS) is 16.9. The average molecular weight is 574 g/mol. The Labute approximate surface area is 231 Å². The highest BCUT2D eigenvalue weighted by Crippen LogP contribution is 2.38. The van der Waals surface area contributed by atoms with Crippen LogP contribution in [-0.2, 0) is 15.2 Å². The maximum absolute atomic E-state index is 13.7. The maximum atomic E-state index is 13.7. The maximum Gasteiger partial charge on any atom is 0.284 e. The highest BCUT2D eigenvalue weighted by Gasteiger charge is 2.25. The van der Waals surface area contributed by atoms with Crippen LogP contribution in [-0.4, -0.2) is 41.7 Å². The quantitative estimate of drug-likeness (QED) is 0.281. The SMILES string of the molecule is O=C(NCC1CCCO1)C1=Cc2c(ncnc2Nc2ccc(Oc3cccc(C(F)(F)P)c3)c(Cl)c2)NCC1. The van der Waals surface area contributed by atoms with E-state index in [2.05, 4.69) is 25.9 Å². The minimum Gasteiger partial charge on any atom is -0.456 e. The van der Waals surface area contributed by atoms with Gasteiger partial charge in [0.15, 0.2) is 0 Å². The van der Waals surface area contributed by atoms with Gasteiger partial charge in [0.2, 0.25) is 5.91 Å². The van der Waals surface area contributed by atoms with Crippen molar-refractivity contribution in [1.82, 2.24) is 15.3 Å². The van der Waals surface area contributed by atoms with Gasteiger partial charge in [0, 0.05) is 36.5 Å². The average Bonchev–Trinajstić information content (AvgIpc) is 3.33. The van der Waals surface area contributed by atoms with Gasteiger partial charge in [0.25, 0.3) is 5.66 Å². The van der Waals surface area contributed by atoms with Crippen LogP contribution >= 0.6 is 20.8 Å². The Morgan fingerprint density at radius 3 is 2.90 bits per heavy atom. The summed E-state index contributed by atoms with van der Waals surface area (Å²) >= 11 is 6.46. The van der Waals surface area contributed by atoms with Crippen LogP contribution in [0.4, 0.5) is 26.1 Å². The van der Waals surface area contributed by atoms with Gasteiger partial charge < -0.3 is 25.4 Å². The third-order valence-corrected chi connectivity index (χ3v) is 6.97. The van der Waals surface area contributed by atoms with E-state index >= 15 is 0 Å². The molecule has 0 spiro atoms. The predicted octanol–water partition coefficient (Wildman–Crippen LogP) is 6.08. The lowest BCUT2D eigenvalue weighted by atomic mass is 10.1. The van der Waals surface area contributed by atoms with Crippen molar-refractivity contribution in [2.45, 2.75) is 31.0 Å². The van der Waals surface area contributed by atoms with Gasteiger partial charge in [-0.1, -0.05) is 33.0 Å². The molecule has 3 N–H and O–H groups in total. The fraction of sp³-hybridized carbons (Fsp3) is 0.296. The minimum absolute atomic E-state index is 0.0542. The lowest BCUT2D eigenvalue weighted by Gasteiger charge is -2.15. The van der Waals surface area contributed by atoms with E-state index in [1.54, 1.807) is 30.3 Å². The van der Waals surface area contributed by atoms with Gasteiger partial charge in [-0.15, -0.1) is 0 Å². The standard InChI is InChI=1S/C27H27ClF2N5O3P/c28-22-13-18(6-7-23(22)38-19-4-1-3-17(12-19)27(29,30)39)35-25-21-11-16(8-9-31-24(21)33-15-34-25)26(36)32-14-20-5-2-10-37-20/h1,3-4,6-7,11-13,15,20H,2,5,8-10,14,39H2,(H,32,36)(H2,31,33,34,35). The van der Waals surface area contributed by atoms with Gasteiger partial charge >= 0.3 is 0 Å². The number of hydrogen-bond acceptors (Lipinski definition) is 7. The first-order chi connectivity index (χ1) is 18.8. The second-order valence-corrected chi connectivity index (χ2v) is 10.3. The molecule has 3 aromatic rings. The predicted molar refractivity (Wildman–Crippen MR) is 150 cm³/mol. The number of nitrogens with one attached hydrogen (secondary N) is 3. The van der Waals surface area contributed by atoms with Crippen LogP contribution < -0.4 is 20.7 Å². The van der Waals surface area contributed by atoms with Crippen LogP contribution in [0.3, 0.4) is 0 Å². The fourth-order valence-corrected chi connectivity index (χ4v) is 4.73. The summed E-state index contributed by atoms with van der Waals surface area (Å²) < 4.78 is 38.7. The van der Waals surface area contributed by atoms with Crippen molar-refractivity contribution < 1.29 is 23.0 Å². The molecule has 2 unspecified atom stereocenters. The molecular formula is C27H27ClF2N5O3P. The molecule has 3 heterocycles. The Kier molecular flexibility index (Phi) is 8.26. The summed E-state index contributed by atoms with van der Waals surface area (Å²) in [4.78, 5) is 21.6. The number of nitrogens with zero attached hydrogens (tertiary/aromatic N) is 2. The van der Waals surface area contributed by atoms with E-state index in [1.165, 1.54) is 33.8 Å². The molecule has 2 atom stereocenters. The van der Waals surface area contributed by atoms with Crippen LogP contribution in [0.1, 0.15) is 30.4 Å². The van der Waals surface area contributed by atoms with Crippen molar-refractivity contribution in [1.29, 1.82) is 0 Å². The first-order valence-electron chi connectivity index (χ1n) is 12.5. The largest absolute Gasteiger partial charge is 0.456 e. The molecule has 12 heteroatoms. The molecule has 5 rings (SSSR count). The molecule has 0 saturated carbocycles. The molecule has 2 aromatic carbocycles. The molecule has 1 saturated heterocycles. The number of carbonyl (C=O) groups excluding carboxylic acids is 1. The van der Waals surface area contributed by atoms with Gasteiger partial charge in [0.1, 0.15) is 29.5 Å². The van der Waals surface area contributed by atoms with Crippen LogP contribution in [0.15, 0.2) is 54.4 Å². The number of carbonyl (C=O) groups is 1. The monoisotopic (exact) mass is 573 g/mol. The molecule has 8 nitrogen and oxygen atoms in total. The molecular weight excluding hydrogens is 547 g/mol. The van der Waals surface area contributed by atoms with Crippen molar-refractivity contribution in [2.24, 2.45) is 0 Å². The highest BCUT2D eigenvalue weighted by atomic mass is 35.5. The second kappa shape index (κ2) is 11.8. The van der Waals surface area contributed by atoms with E-state index in [4.69, 9.17) is 21.1 Å². The van der Waals surface area contributed by atoms with Gasteiger partial charge in [-0.05, 0) is 55.7 Å². The molecule has 204 valence electrons. The van der Waals surface area contributed by atoms with E-state index < -0.39 is 5.66 Å². The summed E-state index contributed by atoms with van der Waals surface area (Å²) in [5, 5.41) is 9.72. The lowest BCUT2D eigenvalue weighted by Crippen LogP contribution is -2.32. The van der Waals surface area contributed by atoms with Crippen molar-refractivity contribution in [3.8, 4) is 11.5 Å². The lowest BCUT2D eigenvalue weighted by molar-refractivity contribution is -0.118. The zero-order valence-electron chi connectivity index (χ0n) is 20.8. The number of halogens is 3. The minimum atomic E-state index is -3.07. The van der Waals surface area contributed by atoms with Gasteiger partial charge in [-0.25, -0.2) is 9.97 Å². The molecule has 1 fully saturated rings. The van der Waals surface area contributed by atoms with Crippen LogP contribution in [0.25, 0.3) is 6.08 Å². The Morgan fingerprint density at radius 1 is 1.26 bits per heavy atom. The number of aromatic nitrogens is 2.